The molecule has 1 aromatic carbocycles. The van der Waals surface area contributed by atoms with Crippen molar-refractivity contribution in [3.05, 3.63) is 40.5 Å². The highest BCUT2D eigenvalue weighted by molar-refractivity contribution is 7.19. The molecule has 0 aliphatic carbocycles. The molecule has 0 saturated carbocycles. The molecule has 1 heterocycles. The Morgan fingerprint density at radius 2 is 2.00 bits per heavy atom. The minimum absolute atomic E-state index is 0.280. The Kier molecular flexibility index (Phi) is 2.44. The molecule has 2 N–H and O–H groups in total. The Morgan fingerprint density at radius 1 is 1.21 bits per heavy atom. The Hall–Kier alpha value is -1.06. The van der Waals surface area contributed by atoms with E-state index in [4.69, 9.17) is 17.3 Å². The van der Waals surface area contributed by atoms with E-state index in [1.165, 1.54) is 23.5 Å². The van der Waals surface area contributed by atoms with Gasteiger partial charge in [0.1, 0.15) is 5.82 Å². The summed E-state index contributed by atoms with van der Waals surface area (Å²) in [5.74, 6) is -0.280. The van der Waals surface area contributed by atoms with Crippen LogP contribution >= 0.6 is 22.9 Å². The number of rotatable bonds is 1. The summed E-state index contributed by atoms with van der Waals surface area (Å²) in [4.78, 5) is 0.791. The number of hydrogen-bond acceptors (Lipinski definition) is 2. The van der Waals surface area contributed by atoms with E-state index >= 15 is 0 Å². The summed E-state index contributed by atoms with van der Waals surface area (Å²) in [7, 11) is 0. The van der Waals surface area contributed by atoms with Gasteiger partial charge in [-0.25, -0.2) is 4.39 Å². The third kappa shape index (κ3) is 1.74. The number of benzene rings is 1. The highest BCUT2D eigenvalue weighted by Gasteiger charge is 2.07. The average molecular weight is 228 g/mol. The van der Waals surface area contributed by atoms with Crippen LogP contribution in [-0.4, -0.2) is 0 Å². The van der Waals surface area contributed by atoms with Crippen molar-refractivity contribution in [1.29, 1.82) is 0 Å². The number of nitrogens with two attached hydrogens (primary N) is 1. The quantitative estimate of drug-likeness (QED) is 0.737. The van der Waals surface area contributed by atoms with Crippen LogP contribution in [-0.2, 0) is 0 Å². The lowest BCUT2D eigenvalue weighted by molar-refractivity contribution is 0.632. The van der Waals surface area contributed by atoms with Crippen LogP contribution in [0.15, 0.2) is 30.3 Å². The van der Waals surface area contributed by atoms with Gasteiger partial charge in [-0.2, -0.15) is 0 Å². The van der Waals surface area contributed by atoms with Crippen LogP contribution in [0.4, 0.5) is 10.1 Å². The van der Waals surface area contributed by atoms with E-state index in [-0.39, 0.29) is 5.82 Å². The molecule has 0 aliphatic heterocycles. The molecule has 0 radical (unpaired) electrons. The summed E-state index contributed by atoms with van der Waals surface area (Å²) in [6.07, 6.45) is 0. The van der Waals surface area contributed by atoms with E-state index in [1.807, 2.05) is 0 Å². The number of thiophene rings is 1. The van der Waals surface area contributed by atoms with E-state index in [9.17, 15) is 4.39 Å². The molecule has 0 spiro atoms. The Labute approximate surface area is 89.9 Å². The maximum absolute atomic E-state index is 13.4. The van der Waals surface area contributed by atoms with Gasteiger partial charge in [0.25, 0.3) is 0 Å². The van der Waals surface area contributed by atoms with Crippen LogP contribution in [0.5, 0.6) is 0 Å². The summed E-state index contributed by atoms with van der Waals surface area (Å²) in [5.41, 5.74) is 6.63. The predicted molar refractivity (Wildman–Crippen MR) is 59.1 cm³/mol. The summed E-state index contributed by atoms with van der Waals surface area (Å²) in [5, 5.41) is 0. The van der Waals surface area contributed by atoms with Gasteiger partial charge >= 0.3 is 0 Å². The zero-order valence-corrected chi connectivity index (χ0v) is 8.70. The van der Waals surface area contributed by atoms with E-state index in [1.54, 1.807) is 18.2 Å². The molecule has 1 aromatic heterocycles. The molecule has 0 atom stereocenters. The predicted octanol–water partition coefficient (Wildman–Crippen LogP) is 3.79. The minimum atomic E-state index is -0.280. The first kappa shape index (κ1) is 9.49. The fourth-order valence-corrected chi connectivity index (χ4v) is 2.25. The zero-order valence-electron chi connectivity index (χ0n) is 7.13. The Balaban J connectivity index is 2.55. The third-order valence-electron chi connectivity index (χ3n) is 1.83. The number of halogens is 2. The molecular weight excluding hydrogens is 221 g/mol. The van der Waals surface area contributed by atoms with Crippen molar-refractivity contribution >= 4 is 28.6 Å². The van der Waals surface area contributed by atoms with Crippen LogP contribution in [0.2, 0.25) is 4.34 Å². The largest absolute Gasteiger partial charge is 0.399 e. The van der Waals surface area contributed by atoms with Crippen molar-refractivity contribution in [3.8, 4) is 10.4 Å². The number of hydrogen-bond donors (Lipinski definition) is 1. The SMILES string of the molecule is Nc1ccc(F)c(-c2ccc(Cl)s2)c1. The van der Waals surface area contributed by atoms with Gasteiger partial charge in [-0.15, -0.1) is 11.3 Å². The molecule has 4 heteroatoms. The first-order valence-corrected chi connectivity index (χ1v) is 5.17. The van der Waals surface area contributed by atoms with Crippen LogP contribution in [0, 0.1) is 5.82 Å². The van der Waals surface area contributed by atoms with Crippen LogP contribution in [0.3, 0.4) is 0 Å². The van der Waals surface area contributed by atoms with Gasteiger partial charge in [-0.05, 0) is 30.3 Å². The van der Waals surface area contributed by atoms with Crippen LogP contribution in [0.1, 0.15) is 0 Å². The smallest absolute Gasteiger partial charge is 0.131 e. The maximum atomic E-state index is 13.4. The lowest BCUT2D eigenvalue weighted by Gasteiger charge is -2.00. The molecule has 14 heavy (non-hydrogen) atoms. The van der Waals surface area contributed by atoms with Crippen LogP contribution in [0.25, 0.3) is 10.4 Å². The molecule has 0 fully saturated rings. The molecule has 0 saturated heterocycles. The number of anilines is 1. The molecule has 0 unspecified atom stereocenters. The van der Waals surface area contributed by atoms with Crippen molar-refractivity contribution in [2.45, 2.75) is 0 Å². The number of nitrogen functional groups attached to an aromatic ring is 1. The summed E-state index contributed by atoms with van der Waals surface area (Å²) >= 11 is 7.10. The van der Waals surface area contributed by atoms with E-state index in [0.29, 0.717) is 15.6 Å². The summed E-state index contributed by atoms with van der Waals surface area (Å²) < 4.78 is 14.0. The lowest BCUT2D eigenvalue weighted by atomic mass is 10.1. The van der Waals surface area contributed by atoms with Gasteiger partial charge in [-0.3, -0.25) is 0 Å². The molecular formula is C10H7ClFNS. The minimum Gasteiger partial charge on any atom is -0.399 e. The van der Waals surface area contributed by atoms with E-state index in [2.05, 4.69) is 0 Å². The molecule has 2 rings (SSSR count). The first-order valence-electron chi connectivity index (χ1n) is 3.97. The molecule has 0 aliphatic rings. The third-order valence-corrected chi connectivity index (χ3v) is 3.09. The maximum Gasteiger partial charge on any atom is 0.131 e. The van der Waals surface area contributed by atoms with Crippen molar-refractivity contribution in [3.63, 3.8) is 0 Å². The van der Waals surface area contributed by atoms with Gasteiger partial charge in [0, 0.05) is 16.1 Å². The Morgan fingerprint density at radius 3 is 2.64 bits per heavy atom. The van der Waals surface area contributed by atoms with Crippen molar-refractivity contribution in [2.24, 2.45) is 0 Å². The van der Waals surface area contributed by atoms with Crippen molar-refractivity contribution < 1.29 is 4.39 Å². The Bertz CT molecular complexity index is 467. The van der Waals surface area contributed by atoms with Gasteiger partial charge in [0.15, 0.2) is 0 Å². The zero-order chi connectivity index (χ0) is 10.1. The lowest BCUT2D eigenvalue weighted by Crippen LogP contribution is -1.87. The highest BCUT2D eigenvalue weighted by Crippen LogP contribution is 2.33. The highest BCUT2D eigenvalue weighted by atomic mass is 35.5. The normalized spacial score (nSPS) is 10.4. The monoisotopic (exact) mass is 227 g/mol. The molecule has 0 bridgehead atoms. The summed E-state index contributed by atoms with van der Waals surface area (Å²) in [6, 6.07) is 8.03. The van der Waals surface area contributed by atoms with Crippen LogP contribution < -0.4 is 5.73 Å². The molecule has 72 valence electrons. The van der Waals surface area contributed by atoms with Gasteiger partial charge in [-0.1, -0.05) is 11.6 Å². The van der Waals surface area contributed by atoms with Gasteiger partial charge in [0.2, 0.25) is 0 Å². The fourth-order valence-electron chi connectivity index (χ4n) is 1.19. The van der Waals surface area contributed by atoms with Crippen molar-refractivity contribution in [2.75, 3.05) is 5.73 Å². The molecule has 1 nitrogen and oxygen atoms in total. The van der Waals surface area contributed by atoms with Crippen molar-refractivity contribution in [1.82, 2.24) is 0 Å². The second kappa shape index (κ2) is 3.59. The first-order chi connectivity index (χ1) is 6.66. The second-order valence-corrected chi connectivity index (χ2v) is 4.56. The molecule has 2 aromatic rings. The fraction of sp³-hybridized carbons (Fsp3) is 0. The summed E-state index contributed by atoms with van der Waals surface area (Å²) in [6.45, 7) is 0. The topological polar surface area (TPSA) is 26.0 Å². The average Bonchev–Trinajstić information content (AvgIpc) is 2.56. The van der Waals surface area contributed by atoms with Gasteiger partial charge in [0.05, 0.1) is 4.34 Å². The second-order valence-electron chi connectivity index (χ2n) is 2.84. The van der Waals surface area contributed by atoms with E-state index in [0.717, 1.165) is 4.88 Å². The molecule has 0 amide bonds. The van der Waals surface area contributed by atoms with Gasteiger partial charge < -0.3 is 5.73 Å². The van der Waals surface area contributed by atoms with E-state index < -0.39 is 0 Å². The standard InChI is InChI=1S/C10H7ClFNS/c11-10-4-3-9(14-10)7-5-6(13)1-2-8(7)12/h1-5H,13H2.